The summed E-state index contributed by atoms with van der Waals surface area (Å²) in [4.78, 5) is 25.7. The number of para-hydroxylation sites is 1. The number of hydrogen-bond donors (Lipinski definition) is 2. The van der Waals surface area contributed by atoms with Crippen LogP contribution in [0.15, 0.2) is 42.5 Å². The highest BCUT2D eigenvalue weighted by atomic mass is 35.5. The monoisotopic (exact) mass is 431 g/mol. The van der Waals surface area contributed by atoms with Gasteiger partial charge < -0.3 is 15.4 Å². The number of hydrogen-bond acceptors (Lipinski definition) is 4. The van der Waals surface area contributed by atoms with Crippen molar-refractivity contribution in [3.63, 3.8) is 0 Å². The highest BCUT2D eigenvalue weighted by Gasteiger charge is 2.14. The average Bonchev–Trinajstić information content (AvgIpc) is 2.59. The summed E-state index contributed by atoms with van der Waals surface area (Å²) in [5.74, 6) is -0.785. The van der Waals surface area contributed by atoms with E-state index in [0.717, 1.165) is 0 Å². The molecule has 0 saturated carbocycles. The maximum atomic E-state index is 12.1. The van der Waals surface area contributed by atoms with Crippen molar-refractivity contribution in [1.29, 1.82) is 0 Å². The van der Waals surface area contributed by atoms with Gasteiger partial charge in [0.15, 0.2) is 0 Å². The van der Waals surface area contributed by atoms with Crippen LogP contribution in [-0.4, -0.2) is 43.5 Å². The second-order valence-electron chi connectivity index (χ2n) is 5.77. The fourth-order valence-electron chi connectivity index (χ4n) is 2.26. The van der Waals surface area contributed by atoms with Gasteiger partial charge in [-0.05, 0) is 43.4 Å². The number of alkyl halides is 2. The summed E-state index contributed by atoms with van der Waals surface area (Å²) in [5.41, 5.74) is 0.715. The van der Waals surface area contributed by atoms with Gasteiger partial charge in [0, 0.05) is 5.69 Å². The quantitative estimate of drug-likeness (QED) is 0.659. The molecule has 0 aliphatic carbocycles. The van der Waals surface area contributed by atoms with Gasteiger partial charge in [0.1, 0.15) is 5.75 Å². The van der Waals surface area contributed by atoms with Crippen molar-refractivity contribution in [2.75, 3.05) is 30.8 Å². The van der Waals surface area contributed by atoms with Crippen molar-refractivity contribution in [3.05, 3.63) is 52.5 Å². The average molecular weight is 432 g/mol. The molecule has 0 heterocycles. The van der Waals surface area contributed by atoms with E-state index in [1.54, 1.807) is 25.2 Å². The zero-order valence-corrected chi connectivity index (χ0v) is 16.2. The fraction of sp³-hybridized carbons (Fsp3) is 0.222. The molecular formula is C18H17Cl2F2N3O3. The molecule has 0 aliphatic heterocycles. The van der Waals surface area contributed by atoms with E-state index in [4.69, 9.17) is 23.2 Å². The minimum atomic E-state index is -2.92. The molecule has 0 aliphatic rings. The number of carbonyl (C=O) groups excluding carboxylic acids is 2. The molecule has 2 N–H and O–H groups in total. The Morgan fingerprint density at radius 1 is 1.00 bits per heavy atom. The van der Waals surface area contributed by atoms with Gasteiger partial charge >= 0.3 is 6.61 Å². The second kappa shape index (κ2) is 10.2. The molecule has 0 spiro atoms. The Kier molecular flexibility index (Phi) is 7.98. The molecule has 2 amide bonds. The first-order valence-corrected chi connectivity index (χ1v) is 8.77. The van der Waals surface area contributed by atoms with E-state index in [9.17, 15) is 18.4 Å². The fourth-order valence-corrected chi connectivity index (χ4v) is 2.75. The molecule has 0 atom stereocenters. The lowest BCUT2D eigenvalue weighted by atomic mass is 10.3. The van der Waals surface area contributed by atoms with E-state index in [-0.39, 0.29) is 30.7 Å². The molecule has 10 heteroatoms. The Morgan fingerprint density at radius 3 is 2.07 bits per heavy atom. The number of nitrogens with one attached hydrogen (secondary N) is 2. The molecule has 2 aromatic carbocycles. The third-order valence-electron chi connectivity index (χ3n) is 3.42. The number of rotatable bonds is 8. The molecule has 0 unspecified atom stereocenters. The normalized spacial score (nSPS) is 10.8. The number of carbonyl (C=O) groups is 2. The summed E-state index contributed by atoms with van der Waals surface area (Å²) in [6.45, 7) is -3.06. The van der Waals surface area contributed by atoms with E-state index in [1.165, 1.54) is 29.2 Å². The van der Waals surface area contributed by atoms with Gasteiger partial charge in [0.25, 0.3) is 0 Å². The van der Waals surface area contributed by atoms with Gasteiger partial charge in [-0.1, -0.05) is 29.3 Å². The van der Waals surface area contributed by atoms with Crippen LogP contribution in [0.1, 0.15) is 0 Å². The van der Waals surface area contributed by atoms with Crippen LogP contribution in [0.4, 0.5) is 20.2 Å². The van der Waals surface area contributed by atoms with Crippen LogP contribution < -0.4 is 15.4 Å². The molecule has 0 fully saturated rings. The third-order valence-corrected chi connectivity index (χ3v) is 4.05. The van der Waals surface area contributed by atoms with Gasteiger partial charge in [-0.3, -0.25) is 14.5 Å². The van der Waals surface area contributed by atoms with Crippen molar-refractivity contribution in [1.82, 2.24) is 4.90 Å². The molecular weight excluding hydrogens is 415 g/mol. The molecule has 2 aromatic rings. The van der Waals surface area contributed by atoms with Gasteiger partial charge in [0.2, 0.25) is 11.8 Å². The van der Waals surface area contributed by atoms with Crippen molar-refractivity contribution in [2.45, 2.75) is 6.61 Å². The molecule has 6 nitrogen and oxygen atoms in total. The summed E-state index contributed by atoms with van der Waals surface area (Å²) in [6, 6.07) is 10.3. The number of anilines is 2. The molecule has 2 rings (SSSR count). The first kappa shape index (κ1) is 21.9. The summed E-state index contributed by atoms with van der Waals surface area (Å²) < 4.78 is 28.5. The van der Waals surface area contributed by atoms with Crippen LogP contribution in [0.5, 0.6) is 5.75 Å². The molecule has 0 radical (unpaired) electrons. The first-order chi connectivity index (χ1) is 13.2. The van der Waals surface area contributed by atoms with Gasteiger partial charge in [-0.25, -0.2) is 0 Å². The summed E-state index contributed by atoms with van der Waals surface area (Å²) in [5, 5.41) is 5.81. The Hall–Kier alpha value is -2.42. The lowest BCUT2D eigenvalue weighted by Gasteiger charge is -2.17. The summed E-state index contributed by atoms with van der Waals surface area (Å²) in [7, 11) is 1.59. The van der Waals surface area contributed by atoms with E-state index in [1.807, 2.05) is 0 Å². The molecule has 0 bridgehead atoms. The number of benzene rings is 2. The van der Waals surface area contributed by atoms with Crippen LogP contribution in [-0.2, 0) is 9.59 Å². The summed E-state index contributed by atoms with van der Waals surface area (Å²) >= 11 is 12.0. The SMILES string of the molecule is CN(CC(=O)Nc1ccc(OC(F)F)cc1)CC(=O)Nc1c(Cl)cccc1Cl. The summed E-state index contributed by atoms with van der Waals surface area (Å²) in [6.07, 6.45) is 0. The predicted octanol–water partition coefficient (Wildman–Crippen LogP) is 4.10. The maximum absolute atomic E-state index is 12.1. The van der Waals surface area contributed by atoms with E-state index in [2.05, 4.69) is 15.4 Å². The van der Waals surface area contributed by atoms with Crippen LogP contribution in [0, 0.1) is 0 Å². The van der Waals surface area contributed by atoms with Gasteiger partial charge in [0.05, 0.1) is 28.8 Å². The van der Waals surface area contributed by atoms with Crippen LogP contribution >= 0.6 is 23.2 Å². The van der Waals surface area contributed by atoms with Crippen LogP contribution in [0.25, 0.3) is 0 Å². The lowest BCUT2D eigenvalue weighted by Crippen LogP contribution is -2.36. The predicted molar refractivity (Wildman–Crippen MR) is 104 cm³/mol. The van der Waals surface area contributed by atoms with E-state index >= 15 is 0 Å². The molecule has 28 heavy (non-hydrogen) atoms. The second-order valence-corrected chi connectivity index (χ2v) is 6.58. The first-order valence-electron chi connectivity index (χ1n) is 8.01. The van der Waals surface area contributed by atoms with Crippen molar-refractivity contribution in [2.24, 2.45) is 0 Å². The third kappa shape index (κ3) is 6.95. The van der Waals surface area contributed by atoms with Crippen molar-refractivity contribution in [3.8, 4) is 5.75 Å². The Morgan fingerprint density at radius 2 is 1.54 bits per heavy atom. The Bertz CT molecular complexity index is 815. The zero-order valence-electron chi connectivity index (χ0n) is 14.7. The Labute approximate surface area is 170 Å². The number of ether oxygens (including phenoxy) is 1. The highest BCUT2D eigenvalue weighted by Crippen LogP contribution is 2.29. The lowest BCUT2D eigenvalue weighted by molar-refractivity contribution is -0.119. The molecule has 0 saturated heterocycles. The smallest absolute Gasteiger partial charge is 0.387 e. The minimum Gasteiger partial charge on any atom is -0.435 e. The van der Waals surface area contributed by atoms with Crippen molar-refractivity contribution >= 4 is 46.4 Å². The van der Waals surface area contributed by atoms with Gasteiger partial charge in [-0.2, -0.15) is 8.78 Å². The van der Waals surface area contributed by atoms with E-state index in [0.29, 0.717) is 21.4 Å². The van der Waals surface area contributed by atoms with Crippen molar-refractivity contribution < 1.29 is 23.1 Å². The molecule has 150 valence electrons. The number of likely N-dealkylation sites (N-methyl/N-ethyl adjacent to an activating group) is 1. The molecule has 0 aromatic heterocycles. The van der Waals surface area contributed by atoms with E-state index < -0.39 is 6.61 Å². The number of amides is 2. The highest BCUT2D eigenvalue weighted by molar-refractivity contribution is 6.39. The number of halogens is 4. The van der Waals surface area contributed by atoms with Crippen LogP contribution in [0.2, 0.25) is 10.0 Å². The van der Waals surface area contributed by atoms with Gasteiger partial charge in [-0.15, -0.1) is 0 Å². The minimum absolute atomic E-state index is 0.0139. The van der Waals surface area contributed by atoms with Crippen LogP contribution in [0.3, 0.4) is 0 Å². The zero-order chi connectivity index (χ0) is 20.7. The largest absolute Gasteiger partial charge is 0.435 e. The topological polar surface area (TPSA) is 70.7 Å². The number of nitrogens with zero attached hydrogens (tertiary/aromatic N) is 1. The Balaban J connectivity index is 1.82. The maximum Gasteiger partial charge on any atom is 0.387 e. The standard InChI is InChI=1S/C18H17Cl2F2N3O3/c1-25(10-16(27)24-17-13(19)3-2-4-14(17)20)9-15(26)23-11-5-7-12(8-6-11)28-18(21)22/h2-8,18H,9-10H2,1H3,(H,23,26)(H,24,27).